The van der Waals surface area contributed by atoms with Crippen LogP contribution < -0.4 is 9.47 Å². The largest absolute Gasteiger partial charge is 0.497 e. The Labute approximate surface area is 132 Å². The Bertz CT molecular complexity index is 629. The normalized spacial score (nSPS) is 11.5. The summed E-state index contributed by atoms with van der Waals surface area (Å²) in [5, 5.41) is 9.34. The molecule has 2 aromatic rings. The Morgan fingerprint density at radius 3 is 2.45 bits per heavy atom. The summed E-state index contributed by atoms with van der Waals surface area (Å²) in [7, 11) is 1.64. The van der Waals surface area contributed by atoms with E-state index >= 15 is 0 Å². The zero-order valence-electron chi connectivity index (χ0n) is 13.1. The van der Waals surface area contributed by atoms with Gasteiger partial charge in [-0.05, 0) is 49.1 Å². The average Bonchev–Trinajstić information content (AvgIpc) is 2.57. The molecule has 22 heavy (non-hydrogen) atoms. The maximum atomic E-state index is 9.34. The maximum absolute atomic E-state index is 9.34. The van der Waals surface area contributed by atoms with Crippen molar-refractivity contribution in [2.45, 2.75) is 25.7 Å². The standard InChI is InChI=1S/C19H21NO2/c1-15-6-3-4-8-19(15)22-13-5-7-17(14-20)16-9-11-18(21-2)12-10-16/h3-4,6,8-12,17H,5,7,13H2,1-2H3. The van der Waals surface area contributed by atoms with Crippen LogP contribution in [-0.2, 0) is 0 Å². The van der Waals surface area contributed by atoms with Gasteiger partial charge in [0.05, 0.1) is 25.7 Å². The summed E-state index contributed by atoms with van der Waals surface area (Å²) in [6, 6.07) is 18.0. The van der Waals surface area contributed by atoms with Gasteiger partial charge in [0.25, 0.3) is 0 Å². The first-order valence-electron chi connectivity index (χ1n) is 7.46. The Kier molecular flexibility index (Phi) is 5.85. The zero-order valence-corrected chi connectivity index (χ0v) is 13.1. The predicted molar refractivity (Wildman–Crippen MR) is 87.3 cm³/mol. The molecule has 0 aromatic heterocycles. The lowest BCUT2D eigenvalue weighted by Gasteiger charge is -2.12. The van der Waals surface area contributed by atoms with E-state index in [9.17, 15) is 5.26 Å². The molecule has 1 atom stereocenters. The van der Waals surface area contributed by atoms with Crippen LogP contribution in [0.5, 0.6) is 11.5 Å². The van der Waals surface area contributed by atoms with Gasteiger partial charge < -0.3 is 9.47 Å². The van der Waals surface area contributed by atoms with Gasteiger partial charge in [0.1, 0.15) is 11.5 Å². The maximum Gasteiger partial charge on any atom is 0.122 e. The van der Waals surface area contributed by atoms with Gasteiger partial charge in [0.2, 0.25) is 0 Å². The van der Waals surface area contributed by atoms with Crippen LogP contribution in [0.25, 0.3) is 0 Å². The second-order valence-corrected chi connectivity index (χ2v) is 5.21. The number of rotatable bonds is 7. The molecule has 0 aliphatic rings. The molecule has 0 bridgehead atoms. The third-order valence-electron chi connectivity index (χ3n) is 3.66. The Morgan fingerprint density at radius 1 is 1.09 bits per heavy atom. The average molecular weight is 295 g/mol. The highest BCUT2D eigenvalue weighted by Crippen LogP contribution is 2.23. The van der Waals surface area contributed by atoms with E-state index in [0.29, 0.717) is 6.61 Å². The van der Waals surface area contributed by atoms with Crippen molar-refractivity contribution < 1.29 is 9.47 Å². The SMILES string of the molecule is COc1ccc(C(C#N)CCCOc2ccccc2C)cc1. The molecule has 2 rings (SSSR count). The summed E-state index contributed by atoms with van der Waals surface area (Å²) < 4.78 is 10.9. The van der Waals surface area contributed by atoms with Crippen LogP contribution in [0.3, 0.4) is 0 Å². The lowest BCUT2D eigenvalue weighted by Crippen LogP contribution is -2.03. The molecule has 3 nitrogen and oxygen atoms in total. The van der Waals surface area contributed by atoms with Crippen molar-refractivity contribution in [2.75, 3.05) is 13.7 Å². The molecule has 3 heteroatoms. The quantitative estimate of drug-likeness (QED) is 0.708. The Balaban J connectivity index is 1.84. The third-order valence-corrected chi connectivity index (χ3v) is 3.66. The fourth-order valence-corrected chi connectivity index (χ4v) is 2.33. The van der Waals surface area contributed by atoms with Crippen LogP contribution in [0.4, 0.5) is 0 Å². The first-order chi connectivity index (χ1) is 10.7. The van der Waals surface area contributed by atoms with E-state index in [0.717, 1.165) is 35.5 Å². The van der Waals surface area contributed by atoms with E-state index in [1.165, 1.54) is 0 Å². The summed E-state index contributed by atoms with van der Waals surface area (Å²) in [6.07, 6.45) is 1.63. The molecule has 0 saturated heterocycles. The lowest BCUT2D eigenvalue weighted by molar-refractivity contribution is 0.303. The van der Waals surface area contributed by atoms with Gasteiger partial charge in [-0.1, -0.05) is 30.3 Å². The molecule has 0 amide bonds. The summed E-state index contributed by atoms with van der Waals surface area (Å²) in [6.45, 7) is 2.66. The van der Waals surface area contributed by atoms with Crippen LogP contribution in [-0.4, -0.2) is 13.7 Å². The minimum Gasteiger partial charge on any atom is -0.497 e. The van der Waals surface area contributed by atoms with E-state index in [1.54, 1.807) is 7.11 Å². The number of nitriles is 1. The molecular weight excluding hydrogens is 274 g/mol. The minimum atomic E-state index is -0.105. The van der Waals surface area contributed by atoms with Crippen LogP contribution >= 0.6 is 0 Å². The minimum absolute atomic E-state index is 0.105. The van der Waals surface area contributed by atoms with Crippen molar-refractivity contribution in [1.29, 1.82) is 5.26 Å². The molecule has 114 valence electrons. The van der Waals surface area contributed by atoms with E-state index < -0.39 is 0 Å². The number of aryl methyl sites for hydroxylation is 1. The molecule has 0 spiro atoms. The highest BCUT2D eigenvalue weighted by Gasteiger charge is 2.10. The molecule has 0 heterocycles. The Hall–Kier alpha value is -2.47. The van der Waals surface area contributed by atoms with E-state index in [1.807, 2.05) is 55.5 Å². The number of benzene rings is 2. The summed E-state index contributed by atoms with van der Waals surface area (Å²) in [4.78, 5) is 0. The molecule has 0 radical (unpaired) electrons. The monoisotopic (exact) mass is 295 g/mol. The van der Waals surface area contributed by atoms with Gasteiger partial charge in [-0.25, -0.2) is 0 Å². The highest BCUT2D eigenvalue weighted by atomic mass is 16.5. The lowest BCUT2D eigenvalue weighted by atomic mass is 9.96. The van der Waals surface area contributed by atoms with Crippen molar-refractivity contribution in [3.05, 3.63) is 59.7 Å². The molecular formula is C19H21NO2. The smallest absolute Gasteiger partial charge is 0.122 e. The van der Waals surface area contributed by atoms with E-state index in [4.69, 9.17) is 9.47 Å². The molecule has 2 aromatic carbocycles. The van der Waals surface area contributed by atoms with Crippen LogP contribution in [0.1, 0.15) is 29.9 Å². The molecule has 0 aliphatic heterocycles. The van der Waals surface area contributed by atoms with Crippen LogP contribution in [0, 0.1) is 18.3 Å². The zero-order chi connectivity index (χ0) is 15.8. The van der Waals surface area contributed by atoms with Gasteiger partial charge in [0.15, 0.2) is 0 Å². The fourth-order valence-electron chi connectivity index (χ4n) is 2.33. The van der Waals surface area contributed by atoms with E-state index in [2.05, 4.69) is 6.07 Å². The van der Waals surface area contributed by atoms with Gasteiger partial charge in [0, 0.05) is 0 Å². The fraction of sp³-hybridized carbons (Fsp3) is 0.316. The Morgan fingerprint density at radius 2 is 1.82 bits per heavy atom. The second kappa shape index (κ2) is 8.09. The van der Waals surface area contributed by atoms with Gasteiger partial charge in [-0.3, -0.25) is 0 Å². The van der Waals surface area contributed by atoms with E-state index in [-0.39, 0.29) is 5.92 Å². The number of hydrogen-bond acceptors (Lipinski definition) is 3. The van der Waals surface area contributed by atoms with Crippen molar-refractivity contribution in [2.24, 2.45) is 0 Å². The molecule has 0 fully saturated rings. The van der Waals surface area contributed by atoms with Crippen molar-refractivity contribution in [3.8, 4) is 17.6 Å². The van der Waals surface area contributed by atoms with Crippen molar-refractivity contribution in [1.82, 2.24) is 0 Å². The van der Waals surface area contributed by atoms with Crippen molar-refractivity contribution >= 4 is 0 Å². The van der Waals surface area contributed by atoms with Crippen molar-refractivity contribution in [3.63, 3.8) is 0 Å². The number of ether oxygens (including phenoxy) is 2. The number of para-hydroxylation sites is 1. The predicted octanol–water partition coefficient (Wildman–Crippen LogP) is 4.47. The summed E-state index contributed by atoms with van der Waals surface area (Å²) in [5.41, 5.74) is 2.16. The summed E-state index contributed by atoms with van der Waals surface area (Å²) in [5.74, 6) is 1.62. The van der Waals surface area contributed by atoms with Gasteiger partial charge in [-0.15, -0.1) is 0 Å². The number of nitrogens with zero attached hydrogens (tertiary/aromatic N) is 1. The molecule has 0 saturated carbocycles. The van der Waals surface area contributed by atoms with Gasteiger partial charge >= 0.3 is 0 Å². The summed E-state index contributed by atoms with van der Waals surface area (Å²) >= 11 is 0. The van der Waals surface area contributed by atoms with Crippen LogP contribution in [0.15, 0.2) is 48.5 Å². The topological polar surface area (TPSA) is 42.2 Å². The molecule has 0 aliphatic carbocycles. The first kappa shape index (κ1) is 15.9. The van der Waals surface area contributed by atoms with Gasteiger partial charge in [-0.2, -0.15) is 5.26 Å². The third kappa shape index (κ3) is 4.26. The first-order valence-corrected chi connectivity index (χ1v) is 7.46. The number of hydrogen-bond donors (Lipinski definition) is 0. The number of methoxy groups -OCH3 is 1. The highest BCUT2D eigenvalue weighted by molar-refractivity contribution is 5.32. The molecule has 0 N–H and O–H groups in total. The molecule has 1 unspecified atom stereocenters. The van der Waals surface area contributed by atoms with Crippen LogP contribution in [0.2, 0.25) is 0 Å². The second-order valence-electron chi connectivity index (χ2n) is 5.21.